The molecule has 1 saturated carbocycles. The molecule has 0 heterocycles. The van der Waals surface area contributed by atoms with Crippen LogP contribution in [0.2, 0.25) is 0 Å². The van der Waals surface area contributed by atoms with Crippen LogP contribution < -0.4 is 5.73 Å². The minimum atomic E-state index is -3.41. The van der Waals surface area contributed by atoms with Gasteiger partial charge in [-0.25, -0.2) is 12.7 Å². The maximum absolute atomic E-state index is 12.4. The lowest BCUT2D eigenvalue weighted by molar-refractivity contribution is 0.453. The summed E-state index contributed by atoms with van der Waals surface area (Å²) in [5.74, 6) is 6.10. The Morgan fingerprint density at radius 2 is 2.16 bits per heavy atom. The molecule has 1 fully saturated rings. The van der Waals surface area contributed by atoms with E-state index >= 15 is 0 Å². The van der Waals surface area contributed by atoms with Gasteiger partial charge in [-0.1, -0.05) is 17.9 Å². The second-order valence-electron chi connectivity index (χ2n) is 4.76. The van der Waals surface area contributed by atoms with E-state index in [0.717, 1.165) is 12.8 Å². The summed E-state index contributed by atoms with van der Waals surface area (Å²) < 4.78 is 26.2. The number of benzene rings is 1. The number of hydrogen-bond acceptors (Lipinski definition) is 3. The third kappa shape index (κ3) is 3.57. The van der Waals surface area contributed by atoms with Crippen LogP contribution in [0.15, 0.2) is 29.2 Å². The Kier molecular flexibility index (Phi) is 4.25. The van der Waals surface area contributed by atoms with Gasteiger partial charge in [-0.3, -0.25) is 0 Å². The number of rotatable bonds is 4. The number of sulfonamides is 1. The van der Waals surface area contributed by atoms with Crippen LogP contribution in [0.25, 0.3) is 0 Å². The van der Waals surface area contributed by atoms with Crippen LogP contribution in [0, 0.1) is 17.8 Å². The lowest BCUT2D eigenvalue weighted by Gasteiger charge is -2.16. The Bertz CT molecular complexity index is 610. The van der Waals surface area contributed by atoms with Crippen molar-refractivity contribution in [2.45, 2.75) is 17.7 Å². The summed E-state index contributed by atoms with van der Waals surface area (Å²) in [5.41, 5.74) is 5.98. The maximum atomic E-state index is 12.4. The van der Waals surface area contributed by atoms with Gasteiger partial charge >= 0.3 is 0 Å². The van der Waals surface area contributed by atoms with Gasteiger partial charge in [-0.05, 0) is 37.0 Å². The lowest BCUT2D eigenvalue weighted by Crippen LogP contribution is -2.28. The predicted octanol–water partition coefficient (Wildman–Crippen LogP) is 1.03. The number of nitrogens with two attached hydrogens (primary N) is 1. The SMILES string of the molecule is CN(CC1CC1)S(=O)(=O)c1cccc(C#CCN)c1. The van der Waals surface area contributed by atoms with Gasteiger partial charge < -0.3 is 5.73 Å². The highest BCUT2D eigenvalue weighted by Gasteiger charge is 2.29. The molecule has 0 aliphatic heterocycles. The standard InChI is InChI=1S/C14H18N2O2S/c1-16(11-13-7-8-13)19(17,18)14-6-2-4-12(10-14)5-3-9-15/h2,4,6,10,13H,7-9,11,15H2,1H3. The molecule has 1 aromatic carbocycles. The molecule has 2 N–H and O–H groups in total. The van der Waals surface area contributed by atoms with E-state index in [2.05, 4.69) is 11.8 Å². The first-order chi connectivity index (χ1) is 9.04. The third-order valence-electron chi connectivity index (χ3n) is 3.09. The molecule has 1 aromatic rings. The van der Waals surface area contributed by atoms with Gasteiger partial charge in [0.2, 0.25) is 10.0 Å². The molecule has 1 aliphatic rings. The van der Waals surface area contributed by atoms with Crippen molar-refractivity contribution in [3.8, 4) is 11.8 Å². The molecule has 0 amide bonds. The molecule has 0 saturated heterocycles. The zero-order valence-electron chi connectivity index (χ0n) is 11.0. The molecular weight excluding hydrogens is 260 g/mol. The minimum absolute atomic E-state index is 0.262. The fourth-order valence-corrected chi connectivity index (χ4v) is 3.12. The first-order valence-corrected chi connectivity index (χ1v) is 7.73. The van der Waals surface area contributed by atoms with Crippen molar-refractivity contribution in [1.82, 2.24) is 4.31 Å². The summed E-state index contributed by atoms with van der Waals surface area (Å²) >= 11 is 0. The largest absolute Gasteiger partial charge is 0.320 e. The van der Waals surface area contributed by atoms with E-state index in [1.807, 2.05) is 0 Å². The van der Waals surface area contributed by atoms with Gasteiger partial charge in [0.15, 0.2) is 0 Å². The molecule has 0 bridgehead atoms. The van der Waals surface area contributed by atoms with Crippen molar-refractivity contribution in [1.29, 1.82) is 0 Å². The molecule has 5 heteroatoms. The van der Waals surface area contributed by atoms with Gasteiger partial charge in [-0.2, -0.15) is 0 Å². The van der Waals surface area contributed by atoms with Gasteiger partial charge in [0, 0.05) is 19.2 Å². The first kappa shape index (κ1) is 14.1. The summed E-state index contributed by atoms with van der Waals surface area (Å²) in [7, 11) is -1.78. The van der Waals surface area contributed by atoms with Gasteiger partial charge in [-0.15, -0.1) is 0 Å². The molecule has 0 radical (unpaired) electrons. The average Bonchev–Trinajstić information content (AvgIpc) is 3.20. The van der Waals surface area contributed by atoms with Crippen LogP contribution in [0.1, 0.15) is 18.4 Å². The minimum Gasteiger partial charge on any atom is -0.320 e. The molecule has 0 unspecified atom stereocenters. The number of nitrogens with zero attached hydrogens (tertiary/aromatic N) is 1. The van der Waals surface area contributed by atoms with E-state index in [0.29, 0.717) is 22.9 Å². The van der Waals surface area contributed by atoms with E-state index < -0.39 is 10.0 Å². The van der Waals surface area contributed by atoms with Crippen LogP contribution in [-0.4, -0.2) is 32.9 Å². The monoisotopic (exact) mass is 278 g/mol. The second-order valence-corrected chi connectivity index (χ2v) is 6.81. The summed E-state index contributed by atoms with van der Waals surface area (Å²) in [4.78, 5) is 0.291. The fraction of sp³-hybridized carbons (Fsp3) is 0.429. The normalized spacial score (nSPS) is 15.1. The molecule has 19 heavy (non-hydrogen) atoms. The Labute approximate surface area is 114 Å². The van der Waals surface area contributed by atoms with E-state index in [1.165, 1.54) is 4.31 Å². The zero-order valence-corrected chi connectivity index (χ0v) is 11.8. The molecule has 0 aromatic heterocycles. The van der Waals surface area contributed by atoms with Crippen molar-refractivity contribution < 1.29 is 8.42 Å². The van der Waals surface area contributed by atoms with E-state index in [1.54, 1.807) is 31.3 Å². The van der Waals surface area contributed by atoms with Crippen LogP contribution in [0.3, 0.4) is 0 Å². The van der Waals surface area contributed by atoms with Crippen molar-refractivity contribution in [3.05, 3.63) is 29.8 Å². The lowest BCUT2D eigenvalue weighted by atomic mass is 10.2. The Hall–Kier alpha value is -1.35. The Morgan fingerprint density at radius 3 is 2.79 bits per heavy atom. The van der Waals surface area contributed by atoms with Crippen molar-refractivity contribution in [3.63, 3.8) is 0 Å². The molecule has 2 rings (SSSR count). The average molecular weight is 278 g/mol. The molecular formula is C14H18N2O2S. The van der Waals surface area contributed by atoms with Crippen molar-refractivity contribution in [2.24, 2.45) is 11.7 Å². The summed E-state index contributed by atoms with van der Waals surface area (Å²) in [6.07, 6.45) is 2.25. The topological polar surface area (TPSA) is 63.4 Å². The van der Waals surface area contributed by atoms with Gasteiger partial charge in [0.05, 0.1) is 11.4 Å². The van der Waals surface area contributed by atoms with Crippen LogP contribution >= 0.6 is 0 Å². The van der Waals surface area contributed by atoms with E-state index in [-0.39, 0.29) is 6.54 Å². The van der Waals surface area contributed by atoms with Crippen LogP contribution in [0.4, 0.5) is 0 Å². The quantitative estimate of drug-likeness (QED) is 0.837. The number of hydrogen-bond donors (Lipinski definition) is 1. The van der Waals surface area contributed by atoms with Crippen molar-refractivity contribution >= 4 is 10.0 Å². The predicted molar refractivity (Wildman–Crippen MR) is 74.9 cm³/mol. The molecule has 4 nitrogen and oxygen atoms in total. The molecule has 0 atom stereocenters. The second kappa shape index (κ2) is 5.74. The smallest absolute Gasteiger partial charge is 0.242 e. The Morgan fingerprint density at radius 1 is 1.42 bits per heavy atom. The van der Waals surface area contributed by atoms with Crippen LogP contribution in [-0.2, 0) is 10.0 Å². The van der Waals surface area contributed by atoms with E-state index in [9.17, 15) is 8.42 Å². The molecule has 1 aliphatic carbocycles. The molecule has 102 valence electrons. The van der Waals surface area contributed by atoms with Crippen molar-refractivity contribution in [2.75, 3.05) is 20.1 Å². The Balaban J connectivity index is 2.23. The highest BCUT2D eigenvalue weighted by Crippen LogP contribution is 2.31. The highest BCUT2D eigenvalue weighted by molar-refractivity contribution is 7.89. The summed E-state index contributed by atoms with van der Waals surface area (Å²) in [6, 6.07) is 6.69. The summed E-state index contributed by atoms with van der Waals surface area (Å²) in [6.45, 7) is 0.861. The fourth-order valence-electron chi connectivity index (χ4n) is 1.83. The first-order valence-electron chi connectivity index (χ1n) is 6.29. The third-order valence-corrected chi connectivity index (χ3v) is 4.91. The van der Waals surface area contributed by atoms with Crippen LogP contribution in [0.5, 0.6) is 0 Å². The maximum Gasteiger partial charge on any atom is 0.242 e. The zero-order chi connectivity index (χ0) is 13.9. The molecule has 0 spiro atoms. The highest BCUT2D eigenvalue weighted by atomic mass is 32.2. The van der Waals surface area contributed by atoms with Gasteiger partial charge in [0.1, 0.15) is 0 Å². The van der Waals surface area contributed by atoms with Gasteiger partial charge in [0.25, 0.3) is 0 Å². The van der Waals surface area contributed by atoms with E-state index in [4.69, 9.17) is 5.73 Å². The summed E-state index contributed by atoms with van der Waals surface area (Å²) in [5, 5.41) is 0.